The van der Waals surface area contributed by atoms with Gasteiger partial charge in [0.05, 0.1) is 22.8 Å². The highest BCUT2D eigenvalue weighted by Crippen LogP contribution is 2.42. The Balaban J connectivity index is 0.000000147. The normalized spacial score (nSPS) is 11.3. The van der Waals surface area contributed by atoms with Gasteiger partial charge in [0.25, 0.3) is 0 Å². The zero-order valence-corrected chi connectivity index (χ0v) is 58.8. The molecule has 0 aliphatic carbocycles. The summed E-state index contributed by atoms with van der Waals surface area (Å²) in [5.41, 5.74) is 23.2. The Labute approximate surface area is 626 Å². The molecule has 504 valence electrons. The number of hydrogen-bond acceptors (Lipinski definition) is 6. The first-order valence-corrected chi connectivity index (χ1v) is 36.5. The summed E-state index contributed by atoms with van der Waals surface area (Å²) in [4.78, 5) is 29.4. The topological polar surface area (TPSA) is 77.3 Å². The van der Waals surface area contributed by atoms with Crippen molar-refractivity contribution in [3.05, 3.63) is 401 Å². The van der Waals surface area contributed by atoms with E-state index in [1.54, 1.807) is 12.4 Å². The molecule has 0 amide bonds. The molecule has 6 heteroatoms. The number of nitrogens with zero attached hydrogens (tertiary/aromatic N) is 6. The van der Waals surface area contributed by atoms with Gasteiger partial charge in [-0.3, -0.25) is 9.97 Å². The highest BCUT2D eigenvalue weighted by molar-refractivity contribution is 6.27. The predicted octanol–water partition coefficient (Wildman–Crippen LogP) is 26.7. The molecule has 0 atom stereocenters. The Kier molecular flexibility index (Phi) is 16.9. The summed E-state index contributed by atoms with van der Waals surface area (Å²) >= 11 is 0. The van der Waals surface area contributed by atoms with Gasteiger partial charge in [0.15, 0.2) is 11.6 Å². The van der Waals surface area contributed by atoms with E-state index in [4.69, 9.17) is 19.9 Å². The molecule has 0 radical (unpaired) electrons. The summed E-state index contributed by atoms with van der Waals surface area (Å²) in [6, 6.07) is 133. The maximum Gasteiger partial charge on any atom is 0.160 e. The second-order valence-electron chi connectivity index (χ2n) is 27.3. The minimum Gasteiger partial charge on any atom is -0.264 e. The van der Waals surface area contributed by atoms with Crippen LogP contribution in [0, 0.1) is 0 Å². The fourth-order valence-electron chi connectivity index (χ4n) is 15.3. The van der Waals surface area contributed by atoms with E-state index in [1.807, 2.05) is 36.7 Å². The van der Waals surface area contributed by atoms with Crippen molar-refractivity contribution in [1.82, 2.24) is 29.9 Å². The Hall–Kier alpha value is -14.5. The Morgan fingerprint density at radius 1 is 0.130 bits per heavy atom. The van der Waals surface area contributed by atoms with Crippen LogP contribution in [0.2, 0.25) is 0 Å². The highest BCUT2D eigenvalue weighted by Gasteiger charge is 2.18. The number of hydrogen-bond donors (Lipinski definition) is 0. The number of benzene rings is 16. The summed E-state index contributed by atoms with van der Waals surface area (Å²) in [6.07, 6.45) is 7.39. The maximum absolute atomic E-state index is 5.20. The SMILES string of the molecule is c1ccc(-c2ccc(-c3cc(-c4cccc(-c5cccnc5)c4)nc(-c4ccc(-c5ccc6c7ccccc7c7ccccc7c6c5)cc4)n3)cc2)cc1.c1ccc(-c2cccc(-c3cc(-c4cccc(-c5cccnc5)c4)nc(-c4ccc(-c5ccc6c7ccccc7c7ccccc7c6c5)cc4)n3)c2)cc1. The first kappa shape index (κ1) is 64.4. The molecule has 0 aliphatic heterocycles. The third kappa shape index (κ3) is 12.7. The van der Waals surface area contributed by atoms with Gasteiger partial charge in [-0.05, 0) is 175 Å². The summed E-state index contributed by atoms with van der Waals surface area (Å²) in [5, 5.41) is 15.3. The molecule has 0 fully saturated rings. The Bertz CT molecular complexity index is 6580. The molecule has 0 spiro atoms. The van der Waals surface area contributed by atoms with Gasteiger partial charge >= 0.3 is 0 Å². The van der Waals surface area contributed by atoms with Gasteiger partial charge in [-0.25, -0.2) is 19.9 Å². The van der Waals surface area contributed by atoms with Crippen molar-refractivity contribution in [2.45, 2.75) is 0 Å². The summed E-state index contributed by atoms with van der Waals surface area (Å²) in [7, 11) is 0. The fourth-order valence-corrected chi connectivity index (χ4v) is 15.3. The van der Waals surface area contributed by atoms with Gasteiger partial charge < -0.3 is 0 Å². The van der Waals surface area contributed by atoms with E-state index in [-0.39, 0.29) is 0 Å². The molecule has 108 heavy (non-hydrogen) atoms. The number of aromatic nitrogens is 6. The van der Waals surface area contributed by atoms with Gasteiger partial charge in [0.2, 0.25) is 0 Å². The molecular formula is C102H66N6. The summed E-state index contributed by atoms with van der Waals surface area (Å²) in [6.45, 7) is 0. The summed E-state index contributed by atoms with van der Waals surface area (Å²) in [5.74, 6) is 1.37. The van der Waals surface area contributed by atoms with E-state index in [0.29, 0.717) is 11.6 Å². The molecule has 0 N–H and O–H groups in total. The van der Waals surface area contributed by atoms with Crippen LogP contribution in [0.15, 0.2) is 401 Å². The van der Waals surface area contributed by atoms with Crippen LogP contribution in [0.25, 0.3) is 199 Å². The second-order valence-corrected chi connectivity index (χ2v) is 27.3. The third-order valence-corrected chi connectivity index (χ3v) is 20.8. The lowest BCUT2D eigenvalue weighted by Crippen LogP contribution is -1.96. The van der Waals surface area contributed by atoms with E-state index in [0.717, 1.165) is 95.1 Å². The van der Waals surface area contributed by atoms with Gasteiger partial charge in [0, 0.05) is 69.3 Å². The van der Waals surface area contributed by atoms with Crippen molar-refractivity contribution in [2.24, 2.45) is 0 Å². The fraction of sp³-hybridized carbons (Fsp3) is 0. The van der Waals surface area contributed by atoms with Crippen LogP contribution in [-0.2, 0) is 0 Å². The van der Waals surface area contributed by atoms with Crippen molar-refractivity contribution in [2.75, 3.05) is 0 Å². The summed E-state index contributed by atoms with van der Waals surface area (Å²) < 4.78 is 0. The molecular weight excluding hydrogens is 1310 g/mol. The van der Waals surface area contributed by atoms with Crippen LogP contribution in [0.1, 0.15) is 0 Å². The molecule has 4 heterocycles. The van der Waals surface area contributed by atoms with Gasteiger partial charge in [-0.1, -0.05) is 322 Å². The molecule has 0 aliphatic rings. The molecule has 6 nitrogen and oxygen atoms in total. The molecule has 0 bridgehead atoms. The maximum atomic E-state index is 5.20. The molecule has 0 unspecified atom stereocenters. The van der Waals surface area contributed by atoms with Crippen LogP contribution >= 0.6 is 0 Å². The van der Waals surface area contributed by atoms with Gasteiger partial charge in [0.1, 0.15) is 0 Å². The molecule has 4 aromatic heterocycles. The zero-order chi connectivity index (χ0) is 71.7. The Morgan fingerprint density at radius 2 is 0.361 bits per heavy atom. The second kappa shape index (κ2) is 28.3. The van der Waals surface area contributed by atoms with E-state index >= 15 is 0 Å². The van der Waals surface area contributed by atoms with E-state index in [2.05, 4.69) is 362 Å². The first-order valence-electron chi connectivity index (χ1n) is 36.5. The highest BCUT2D eigenvalue weighted by atomic mass is 14.9. The van der Waals surface area contributed by atoms with E-state index in [1.165, 1.54) is 92.5 Å². The van der Waals surface area contributed by atoms with Crippen molar-refractivity contribution in [1.29, 1.82) is 0 Å². The van der Waals surface area contributed by atoms with Crippen LogP contribution in [-0.4, -0.2) is 29.9 Å². The zero-order valence-electron chi connectivity index (χ0n) is 58.8. The average Bonchev–Trinajstić information content (AvgIpc) is 0.740. The van der Waals surface area contributed by atoms with Crippen LogP contribution in [0.4, 0.5) is 0 Å². The smallest absolute Gasteiger partial charge is 0.160 e. The van der Waals surface area contributed by atoms with Crippen molar-refractivity contribution < 1.29 is 0 Å². The van der Waals surface area contributed by atoms with Crippen LogP contribution in [0.5, 0.6) is 0 Å². The van der Waals surface area contributed by atoms with E-state index < -0.39 is 0 Å². The lowest BCUT2D eigenvalue weighted by molar-refractivity contribution is 1.18. The van der Waals surface area contributed by atoms with Crippen molar-refractivity contribution >= 4 is 64.6 Å². The quantitative estimate of drug-likeness (QED) is 0.113. The third-order valence-electron chi connectivity index (χ3n) is 20.8. The minimum absolute atomic E-state index is 0.682. The van der Waals surface area contributed by atoms with Gasteiger partial charge in [-0.2, -0.15) is 0 Å². The first-order chi connectivity index (χ1) is 53.5. The number of fused-ring (bicyclic) bond motifs is 12. The number of pyridine rings is 2. The van der Waals surface area contributed by atoms with Crippen molar-refractivity contribution in [3.63, 3.8) is 0 Å². The molecule has 20 rings (SSSR count). The largest absolute Gasteiger partial charge is 0.264 e. The lowest BCUT2D eigenvalue weighted by Gasteiger charge is -2.13. The number of rotatable bonds is 12. The standard InChI is InChI=1S/2C51H33N3/c1-2-11-34(12-3-1)37-13-8-15-40(29-37)49-32-50(41-16-9-14-38(30-41)42-17-10-28-52-33-42)54-51(53-49)36-24-22-35(23-25-36)39-26-27-47-45-20-5-4-18-43(45)44-19-6-7-21-46(44)48(47)31-39;1-2-10-34(11-3-1)35-19-23-37(24-20-35)49-32-50(41-13-8-12-39(30-41)42-14-9-29-52-33-42)54-51(53-49)38-25-21-36(22-26-38)40-27-28-47-45-17-5-4-15-43(45)44-16-6-7-18-46(44)48(47)31-40/h2*1-33H. The molecule has 20 aromatic rings. The van der Waals surface area contributed by atoms with Crippen LogP contribution < -0.4 is 0 Å². The van der Waals surface area contributed by atoms with Crippen molar-refractivity contribution in [3.8, 4) is 135 Å². The van der Waals surface area contributed by atoms with Crippen LogP contribution in [0.3, 0.4) is 0 Å². The lowest BCUT2D eigenvalue weighted by atomic mass is 9.92. The Morgan fingerprint density at radius 3 is 0.713 bits per heavy atom. The van der Waals surface area contributed by atoms with Gasteiger partial charge in [-0.15, -0.1) is 0 Å². The predicted molar refractivity (Wildman–Crippen MR) is 450 cm³/mol. The van der Waals surface area contributed by atoms with E-state index in [9.17, 15) is 0 Å². The monoisotopic (exact) mass is 1370 g/mol. The molecule has 0 saturated carbocycles. The molecule has 0 saturated heterocycles. The average molecular weight is 1380 g/mol. The molecule has 16 aromatic carbocycles. The minimum atomic E-state index is 0.682.